The van der Waals surface area contributed by atoms with E-state index in [0.29, 0.717) is 0 Å². The summed E-state index contributed by atoms with van der Waals surface area (Å²) in [5.74, 6) is 0. The highest BCUT2D eigenvalue weighted by atomic mass is 16.3. The van der Waals surface area contributed by atoms with Crippen LogP contribution in [0.3, 0.4) is 0 Å². The largest absolute Gasteiger partial charge is 0.455 e. The third-order valence-electron chi connectivity index (χ3n) is 10.9. The third-order valence-corrected chi connectivity index (χ3v) is 10.9. The highest BCUT2D eigenvalue weighted by Gasteiger charge is 2.35. The minimum Gasteiger partial charge on any atom is -0.455 e. The fraction of sp³-hybridized carbons (Fsp3) is 0.0612. The molecule has 0 spiro atoms. The van der Waals surface area contributed by atoms with Gasteiger partial charge in [-0.3, -0.25) is 0 Å². The summed E-state index contributed by atoms with van der Waals surface area (Å²) in [6, 6.07) is 63.7. The Kier molecular flexibility index (Phi) is 6.56. The van der Waals surface area contributed by atoms with Gasteiger partial charge in [0.1, 0.15) is 11.2 Å². The van der Waals surface area contributed by atoms with Gasteiger partial charge in [0.15, 0.2) is 0 Å². The maximum absolute atomic E-state index is 6.33. The van der Waals surface area contributed by atoms with E-state index in [9.17, 15) is 0 Å². The zero-order valence-corrected chi connectivity index (χ0v) is 28.6. The van der Waals surface area contributed by atoms with Crippen LogP contribution in [0.25, 0.3) is 66.1 Å². The molecule has 10 rings (SSSR count). The van der Waals surface area contributed by atoms with Crippen LogP contribution in [0, 0.1) is 0 Å². The summed E-state index contributed by atoms with van der Waals surface area (Å²) in [5.41, 5.74) is 15.3. The van der Waals surface area contributed by atoms with Gasteiger partial charge in [0.25, 0.3) is 0 Å². The Hall–Kier alpha value is -6.38. The zero-order valence-electron chi connectivity index (χ0n) is 28.6. The van der Waals surface area contributed by atoms with Gasteiger partial charge in [-0.2, -0.15) is 0 Å². The summed E-state index contributed by atoms with van der Waals surface area (Å²) in [7, 11) is 0. The lowest BCUT2D eigenvalue weighted by Crippen LogP contribution is -2.15. The van der Waals surface area contributed by atoms with Crippen molar-refractivity contribution in [3.05, 3.63) is 187 Å². The maximum Gasteiger partial charge on any atom is 0.143 e. The molecule has 1 aliphatic rings. The van der Waals surface area contributed by atoms with Crippen molar-refractivity contribution in [2.45, 2.75) is 19.3 Å². The summed E-state index contributed by atoms with van der Waals surface area (Å²) in [6.07, 6.45) is 0. The first-order valence-electron chi connectivity index (χ1n) is 17.7. The summed E-state index contributed by atoms with van der Waals surface area (Å²) in [5, 5.41) is 4.62. The summed E-state index contributed by atoms with van der Waals surface area (Å²) >= 11 is 0. The van der Waals surface area contributed by atoms with Crippen LogP contribution in [0.5, 0.6) is 0 Å². The smallest absolute Gasteiger partial charge is 0.143 e. The van der Waals surface area contributed by atoms with Crippen molar-refractivity contribution in [2.24, 2.45) is 0 Å². The third kappa shape index (κ3) is 4.71. The molecule has 1 aliphatic carbocycles. The molecule has 0 amide bonds. The second-order valence-corrected chi connectivity index (χ2v) is 14.2. The Morgan fingerprint density at radius 1 is 0.412 bits per heavy atom. The van der Waals surface area contributed by atoms with E-state index < -0.39 is 0 Å². The number of nitrogens with zero attached hydrogens (tertiary/aromatic N) is 1. The van der Waals surface area contributed by atoms with E-state index in [4.69, 9.17) is 4.42 Å². The minimum absolute atomic E-state index is 0.0415. The number of furan rings is 1. The first kappa shape index (κ1) is 29.5. The molecular formula is C49H35NO. The molecule has 0 N–H and O–H groups in total. The van der Waals surface area contributed by atoms with E-state index in [1.807, 2.05) is 12.1 Å². The second-order valence-electron chi connectivity index (χ2n) is 14.2. The van der Waals surface area contributed by atoms with E-state index in [1.165, 1.54) is 49.9 Å². The van der Waals surface area contributed by atoms with Crippen LogP contribution in [0.2, 0.25) is 0 Å². The zero-order chi connectivity index (χ0) is 34.1. The molecule has 8 aromatic carbocycles. The van der Waals surface area contributed by atoms with Crippen LogP contribution in [0.1, 0.15) is 25.0 Å². The number of rotatable bonds is 5. The molecule has 1 heterocycles. The number of hydrogen-bond donors (Lipinski definition) is 0. The van der Waals surface area contributed by atoms with E-state index in [0.717, 1.165) is 44.4 Å². The molecule has 1 aromatic heterocycles. The molecule has 9 aromatic rings. The van der Waals surface area contributed by atoms with E-state index >= 15 is 0 Å². The standard InChI is InChI=1S/C49H35NO/c1-49(2)45-17-8-6-15-41(45)44-31-39(25-28-46(44)49)50(38-14-10-13-34(30-38)32-11-4-3-5-12-32)37-23-19-33(20-24-37)35-21-26-40-36(29-35)22-27-43-42-16-7-9-18-47(42)51-48(40)43/h3-31H,1-2H3. The second kappa shape index (κ2) is 11.3. The van der Waals surface area contributed by atoms with Gasteiger partial charge in [-0.05, 0) is 111 Å². The number of para-hydroxylation sites is 1. The fourth-order valence-corrected chi connectivity index (χ4v) is 8.24. The highest BCUT2D eigenvalue weighted by molar-refractivity contribution is 6.15. The molecule has 242 valence electrons. The average Bonchev–Trinajstić information content (AvgIpc) is 3.68. The van der Waals surface area contributed by atoms with Crippen LogP contribution in [0.15, 0.2) is 180 Å². The van der Waals surface area contributed by atoms with Crippen molar-refractivity contribution in [3.8, 4) is 33.4 Å². The molecule has 2 nitrogen and oxygen atoms in total. The number of hydrogen-bond acceptors (Lipinski definition) is 2. The molecule has 0 unspecified atom stereocenters. The molecular weight excluding hydrogens is 619 g/mol. The van der Waals surface area contributed by atoms with Crippen molar-refractivity contribution in [1.29, 1.82) is 0 Å². The topological polar surface area (TPSA) is 16.4 Å². The van der Waals surface area contributed by atoms with Gasteiger partial charge in [-0.25, -0.2) is 0 Å². The Balaban J connectivity index is 1.08. The van der Waals surface area contributed by atoms with Crippen LogP contribution < -0.4 is 4.90 Å². The van der Waals surface area contributed by atoms with Crippen LogP contribution in [-0.2, 0) is 5.41 Å². The molecule has 0 saturated heterocycles. The van der Waals surface area contributed by atoms with Crippen molar-refractivity contribution >= 4 is 49.8 Å². The minimum atomic E-state index is -0.0415. The van der Waals surface area contributed by atoms with Gasteiger partial charge in [0.05, 0.1) is 0 Å². The molecule has 51 heavy (non-hydrogen) atoms. The fourth-order valence-electron chi connectivity index (χ4n) is 8.24. The Morgan fingerprint density at radius 2 is 1.06 bits per heavy atom. The lowest BCUT2D eigenvalue weighted by Gasteiger charge is -2.28. The molecule has 2 heteroatoms. The molecule has 0 atom stereocenters. The van der Waals surface area contributed by atoms with Gasteiger partial charge in [0.2, 0.25) is 0 Å². The predicted octanol–water partition coefficient (Wildman–Crippen LogP) is 13.8. The SMILES string of the molecule is CC1(C)c2ccccc2-c2cc(N(c3ccc(-c4ccc5c(ccc6c7ccccc7oc56)c4)cc3)c3cccc(-c4ccccc4)c3)ccc21. The lowest BCUT2D eigenvalue weighted by atomic mass is 9.82. The van der Waals surface area contributed by atoms with Gasteiger partial charge in [-0.1, -0.05) is 129 Å². The quantitative estimate of drug-likeness (QED) is 0.184. The number of anilines is 3. The lowest BCUT2D eigenvalue weighted by molar-refractivity contribution is 0.660. The molecule has 0 bridgehead atoms. The Bertz CT molecular complexity index is 2770. The molecule has 0 fully saturated rings. The van der Waals surface area contributed by atoms with Crippen LogP contribution >= 0.6 is 0 Å². The number of fused-ring (bicyclic) bond motifs is 8. The van der Waals surface area contributed by atoms with E-state index in [-0.39, 0.29) is 5.41 Å². The van der Waals surface area contributed by atoms with Gasteiger partial charge < -0.3 is 9.32 Å². The molecule has 0 radical (unpaired) electrons. The van der Waals surface area contributed by atoms with Gasteiger partial charge in [-0.15, -0.1) is 0 Å². The summed E-state index contributed by atoms with van der Waals surface area (Å²) in [6.45, 7) is 4.67. The maximum atomic E-state index is 6.33. The van der Waals surface area contributed by atoms with Crippen molar-refractivity contribution in [2.75, 3.05) is 4.90 Å². The first-order valence-corrected chi connectivity index (χ1v) is 17.7. The Labute approximate surface area is 297 Å². The highest BCUT2D eigenvalue weighted by Crippen LogP contribution is 2.50. The monoisotopic (exact) mass is 653 g/mol. The van der Waals surface area contributed by atoms with Gasteiger partial charge >= 0.3 is 0 Å². The van der Waals surface area contributed by atoms with Gasteiger partial charge in [0, 0.05) is 38.6 Å². The van der Waals surface area contributed by atoms with Crippen molar-refractivity contribution in [1.82, 2.24) is 0 Å². The predicted molar refractivity (Wildman–Crippen MR) is 214 cm³/mol. The van der Waals surface area contributed by atoms with Crippen molar-refractivity contribution in [3.63, 3.8) is 0 Å². The van der Waals surface area contributed by atoms with E-state index in [2.05, 4.69) is 183 Å². The van der Waals surface area contributed by atoms with Crippen molar-refractivity contribution < 1.29 is 4.42 Å². The van der Waals surface area contributed by atoms with E-state index in [1.54, 1.807) is 0 Å². The normalized spacial score (nSPS) is 13.1. The van der Waals surface area contributed by atoms with Crippen LogP contribution in [0.4, 0.5) is 17.1 Å². The number of benzene rings is 8. The average molecular weight is 654 g/mol. The Morgan fingerprint density at radius 3 is 1.94 bits per heavy atom. The first-order chi connectivity index (χ1) is 25.0. The van der Waals surface area contributed by atoms with Crippen LogP contribution in [-0.4, -0.2) is 0 Å². The molecule has 0 saturated carbocycles. The molecule has 0 aliphatic heterocycles. The summed E-state index contributed by atoms with van der Waals surface area (Å²) < 4.78 is 6.33. The summed E-state index contributed by atoms with van der Waals surface area (Å²) in [4.78, 5) is 2.39.